The normalized spacial score (nSPS) is 14.0. The zero-order valence-electron chi connectivity index (χ0n) is 9.32. The van der Waals surface area contributed by atoms with Crippen molar-refractivity contribution in [3.05, 3.63) is 29.0 Å². The summed E-state index contributed by atoms with van der Waals surface area (Å²) in [6.45, 7) is 2.09. The van der Waals surface area contributed by atoms with Gasteiger partial charge in [0.1, 0.15) is 10.7 Å². The highest BCUT2D eigenvalue weighted by atomic mass is 79.9. The lowest BCUT2D eigenvalue weighted by atomic mass is 10.3. The fourth-order valence-electron chi connectivity index (χ4n) is 1.30. The van der Waals surface area contributed by atoms with E-state index in [4.69, 9.17) is 11.6 Å². The van der Waals surface area contributed by atoms with Gasteiger partial charge in [0, 0.05) is 18.4 Å². The van der Waals surface area contributed by atoms with E-state index in [0.717, 1.165) is 16.4 Å². The van der Waals surface area contributed by atoms with E-state index in [1.807, 2.05) is 6.92 Å². The summed E-state index contributed by atoms with van der Waals surface area (Å²) in [4.78, 5) is -0.218. The Morgan fingerprint density at radius 1 is 1.53 bits per heavy atom. The van der Waals surface area contributed by atoms with Gasteiger partial charge in [-0.05, 0) is 18.2 Å². The van der Waals surface area contributed by atoms with Crippen molar-refractivity contribution in [3.63, 3.8) is 0 Å². The first kappa shape index (κ1) is 14.9. The van der Waals surface area contributed by atoms with Crippen molar-refractivity contribution in [2.24, 2.45) is 0 Å². The molecule has 3 nitrogen and oxygen atoms in total. The average Bonchev–Trinajstić information content (AvgIpc) is 2.20. The molecule has 1 rings (SSSR count). The van der Waals surface area contributed by atoms with Crippen LogP contribution in [-0.2, 0) is 10.0 Å². The maximum absolute atomic E-state index is 13.1. The van der Waals surface area contributed by atoms with E-state index in [9.17, 15) is 12.8 Å². The summed E-state index contributed by atoms with van der Waals surface area (Å²) in [6, 6.07) is 3.27. The minimum Gasteiger partial charge on any atom is -0.207 e. The second-order valence-electron chi connectivity index (χ2n) is 3.64. The third-order valence-corrected chi connectivity index (χ3v) is 4.68. The van der Waals surface area contributed by atoms with Crippen LogP contribution in [-0.4, -0.2) is 31.1 Å². The quantitative estimate of drug-likeness (QED) is 0.788. The van der Waals surface area contributed by atoms with Crippen LogP contribution < -0.4 is 0 Å². The lowest BCUT2D eigenvalue weighted by molar-refractivity contribution is 0.473. The van der Waals surface area contributed by atoms with Gasteiger partial charge in [-0.1, -0.05) is 34.5 Å². The molecule has 1 atom stereocenters. The highest BCUT2D eigenvalue weighted by molar-refractivity contribution is 9.09. The van der Waals surface area contributed by atoms with E-state index in [0.29, 0.717) is 0 Å². The van der Waals surface area contributed by atoms with Gasteiger partial charge in [0.2, 0.25) is 10.0 Å². The van der Waals surface area contributed by atoms with Crippen molar-refractivity contribution in [2.45, 2.75) is 16.6 Å². The van der Waals surface area contributed by atoms with Crippen LogP contribution in [0.5, 0.6) is 0 Å². The van der Waals surface area contributed by atoms with Gasteiger partial charge in [-0.2, -0.15) is 4.31 Å². The number of rotatable bonds is 4. The monoisotopic (exact) mass is 343 g/mol. The molecule has 0 spiro atoms. The Morgan fingerprint density at radius 2 is 2.12 bits per heavy atom. The minimum absolute atomic E-state index is 0.00499. The van der Waals surface area contributed by atoms with Crippen molar-refractivity contribution < 1.29 is 12.8 Å². The molecule has 0 aliphatic carbocycles. The molecular weight excluding hydrogens is 333 g/mol. The molecule has 7 heteroatoms. The predicted molar refractivity (Wildman–Crippen MR) is 69.6 cm³/mol. The molecule has 0 N–H and O–H groups in total. The predicted octanol–water partition coefficient (Wildman–Crippen LogP) is 2.88. The molecular formula is C10H12BrClFNO2S. The topological polar surface area (TPSA) is 37.4 Å². The Hall–Kier alpha value is -0.170. The summed E-state index contributed by atoms with van der Waals surface area (Å²) in [5.41, 5.74) is 0. The van der Waals surface area contributed by atoms with Crippen LogP contribution in [0.1, 0.15) is 6.92 Å². The molecule has 0 heterocycles. The summed E-state index contributed by atoms with van der Waals surface area (Å²) in [5.74, 6) is -0.631. The van der Waals surface area contributed by atoms with Crippen LogP contribution in [0.15, 0.2) is 23.1 Å². The molecule has 0 amide bonds. The number of benzene rings is 1. The van der Waals surface area contributed by atoms with Gasteiger partial charge in [0.15, 0.2) is 0 Å². The first-order valence-corrected chi connectivity index (χ1v) is 7.54. The summed E-state index contributed by atoms with van der Waals surface area (Å²) >= 11 is 9.04. The van der Waals surface area contributed by atoms with E-state index in [1.165, 1.54) is 13.1 Å². The van der Waals surface area contributed by atoms with Gasteiger partial charge in [0.05, 0.1) is 5.02 Å². The van der Waals surface area contributed by atoms with E-state index < -0.39 is 15.8 Å². The SMILES string of the molecule is CC(Br)CN(C)S(=O)(=O)c1cc(F)ccc1Cl. The highest BCUT2D eigenvalue weighted by Gasteiger charge is 2.24. The largest absolute Gasteiger partial charge is 0.244 e. The van der Waals surface area contributed by atoms with Crippen molar-refractivity contribution in [3.8, 4) is 0 Å². The number of hydrogen-bond acceptors (Lipinski definition) is 2. The van der Waals surface area contributed by atoms with Gasteiger partial charge in [-0.25, -0.2) is 12.8 Å². The number of hydrogen-bond donors (Lipinski definition) is 0. The van der Waals surface area contributed by atoms with Crippen LogP contribution in [0.25, 0.3) is 0 Å². The second-order valence-corrected chi connectivity index (χ2v) is 7.62. The smallest absolute Gasteiger partial charge is 0.207 e. The Balaban J connectivity index is 3.17. The van der Waals surface area contributed by atoms with Gasteiger partial charge in [-0.3, -0.25) is 0 Å². The lowest BCUT2D eigenvalue weighted by Gasteiger charge is -2.19. The maximum Gasteiger partial charge on any atom is 0.244 e. The molecule has 17 heavy (non-hydrogen) atoms. The number of halogens is 3. The van der Waals surface area contributed by atoms with Gasteiger partial charge in [0.25, 0.3) is 0 Å². The molecule has 0 aromatic heterocycles. The fourth-order valence-corrected chi connectivity index (χ4v) is 3.66. The molecule has 0 saturated carbocycles. The Labute approximate surface area is 114 Å². The van der Waals surface area contributed by atoms with Crippen molar-refractivity contribution in [2.75, 3.05) is 13.6 Å². The van der Waals surface area contributed by atoms with Gasteiger partial charge >= 0.3 is 0 Å². The summed E-state index contributed by atoms with van der Waals surface area (Å²) in [5, 5.41) is 0.0143. The van der Waals surface area contributed by atoms with Crippen molar-refractivity contribution in [1.82, 2.24) is 4.31 Å². The zero-order chi connectivity index (χ0) is 13.2. The van der Waals surface area contributed by atoms with Crippen molar-refractivity contribution >= 4 is 37.6 Å². The summed E-state index contributed by atoms with van der Waals surface area (Å²) < 4.78 is 38.4. The number of nitrogens with zero attached hydrogens (tertiary/aromatic N) is 1. The molecule has 0 bridgehead atoms. The molecule has 0 aliphatic rings. The second kappa shape index (κ2) is 5.65. The van der Waals surface area contributed by atoms with E-state index >= 15 is 0 Å². The summed E-state index contributed by atoms with van der Waals surface area (Å²) in [7, 11) is -2.33. The third-order valence-electron chi connectivity index (χ3n) is 2.09. The Kier molecular flexibility index (Phi) is 4.95. The van der Waals surface area contributed by atoms with Crippen molar-refractivity contribution in [1.29, 1.82) is 0 Å². The first-order chi connectivity index (χ1) is 7.75. The Bertz CT molecular complexity index is 507. The van der Waals surface area contributed by atoms with Gasteiger partial charge < -0.3 is 0 Å². The molecule has 1 aromatic rings. The Morgan fingerprint density at radius 3 is 2.65 bits per heavy atom. The van der Waals surface area contributed by atoms with Crippen LogP contribution in [0, 0.1) is 5.82 Å². The van der Waals surface area contributed by atoms with Crippen LogP contribution in [0.2, 0.25) is 5.02 Å². The third kappa shape index (κ3) is 3.64. The minimum atomic E-state index is -3.76. The first-order valence-electron chi connectivity index (χ1n) is 4.80. The van der Waals surface area contributed by atoms with E-state index in [2.05, 4.69) is 15.9 Å². The fraction of sp³-hybridized carbons (Fsp3) is 0.400. The molecule has 1 aromatic carbocycles. The number of alkyl halides is 1. The van der Waals surface area contributed by atoms with Gasteiger partial charge in [-0.15, -0.1) is 0 Å². The maximum atomic E-state index is 13.1. The molecule has 0 fully saturated rings. The molecule has 0 aliphatic heterocycles. The molecule has 96 valence electrons. The zero-order valence-corrected chi connectivity index (χ0v) is 12.5. The number of sulfonamides is 1. The van der Waals surface area contributed by atoms with Crippen LogP contribution >= 0.6 is 27.5 Å². The van der Waals surface area contributed by atoms with E-state index in [-0.39, 0.29) is 21.3 Å². The molecule has 0 radical (unpaired) electrons. The average molecular weight is 345 g/mol. The lowest BCUT2D eigenvalue weighted by Crippen LogP contribution is -2.31. The highest BCUT2D eigenvalue weighted by Crippen LogP contribution is 2.25. The van der Waals surface area contributed by atoms with E-state index in [1.54, 1.807) is 0 Å². The molecule has 1 unspecified atom stereocenters. The van der Waals surface area contributed by atoms with Crippen LogP contribution in [0.4, 0.5) is 4.39 Å². The molecule has 0 saturated heterocycles. The van der Waals surface area contributed by atoms with Crippen LogP contribution in [0.3, 0.4) is 0 Å². The standard InChI is InChI=1S/C10H12BrClFNO2S/c1-7(11)6-14(2)17(15,16)10-5-8(13)3-4-9(10)12/h3-5,7H,6H2,1-2H3. The summed E-state index contributed by atoms with van der Waals surface area (Å²) in [6.07, 6.45) is 0.